The molecule has 0 aliphatic carbocycles. The van der Waals surface area contributed by atoms with Gasteiger partial charge in [-0.15, -0.1) is 0 Å². The molecule has 0 saturated heterocycles. The molecule has 1 atom stereocenters. The summed E-state index contributed by atoms with van der Waals surface area (Å²) in [7, 11) is 0. The van der Waals surface area contributed by atoms with Crippen LogP contribution in [0, 0.1) is 4.77 Å². The van der Waals surface area contributed by atoms with Crippen LogP contribution in [0.2, 0.25) is 0 Å². The standard InChI is InChI=1S/C10H15N3OS/c1-6(2)13-4-3-8-7(5-13)9(14)12-10(15)11-8/h6H,3-5H2,1-2H3,(H2,11,12,14,15)/p+1. The number of aromatic amines is 2. The molecule has 2 rings (SSSR count). The Kier molecular flexibility index (Phi) is 2.75. The van der Waals surface area contributed by atoms with E-state index < -0.39 is 0 Å². The molecule has 0 fully saturated rings. The van der Waals surface area contributed by atoms with Gasteiger partial charge in [0.25, 0.3) is 5.56 Å². The fraction of sp³-hybridized carbons (Fsp3) is 0.600. The third kappa shape index (κ3) is 2.03. The topological polar surface area (TPSA) is 53.1 Å². The van der Waals surface area contributed by atoms with Crippen LogP contribution in [0.1, 0.15) is 25.1 Å². The molecule has 3 N–H and O–H groups in total. The van der Waals surface area contributed by atoms with E-state index >= 15 is 0 Å². The van der Waals surface area contributed by atoms with E-state index in [0.29, 0.717) is 10.8 Å². The van der Waals surface area contributed by atoms with Crippen molar-refractivity contribution in [3.63, 3.8) is 0 Å². The molecule has 0 spiro atoms. The summed E-state index contributed by atoms with van der Waals surface area (Å²) < 4.78 is 0.437. The van der Waals surface area contributed by atoms with Gasteiger partial charge in [-0.05, 0) is 26.1 Å². The summed E-state index contributed by atoms with van der Waals surface area (Å²) in [6.45, 7) is 6.23. The molecular formula is C10H16N3OS+. The zero-order valence-corrected chi connectivity index (χ0v) is 9.83. The van der Waals surface area contributed by atoms with Gasteiger partial charge < -0.3 is 9.88 Å². The number of aromatic nitrogens is 2. The van der Waals surface area contributed by atoms with E-state index in [1.165, 1.54) is 4.90 Å². The fourth-order valence-corrected chi connectivity index (χ4v) is 2.27. The zero-order chi connectivity index (χ0) is 11.0. The van der Waals surface area contributed by atoms with Crippen LogP contribution in [0.5, 0.6) is 0 Å². The van der Waals surface area contributed by atoms with Crippen molar-refractivity contribution in [1.29, 1.82) is 0 Å². The van der Waals surface area contributed by atoms with Crippen molar-refractivity contribution in [3.05, 3.63) is 26.4 Å². The van der Waals surface area contributed by atoms with Gasteiger partial charge in [0, 0.05) is 12.1 Å². The van der Waals surface area contributed by atoms with Crippen LogP contribution in [0.25, 0.3) is 0 Å². The highest BCUT2D eigenvalue weighted by molar-refractivity contribution is 7.71. The van der Waals surface area contributed by atoms with E-state index in [1.54, 1.807) is 0 Å². The summed E-state index contributed by atoms with van der Waals surface area (Å²) in [5.74, 6) is 0. The Morgan fingerprint density at radius 2 is 2.13 bits per heavy atom. The van der Waals surface area contributed by atoms with E-state index in [2.05, 4.69) is 23.8 Å². The number of rotatable bonds is 1. The Hall–Kier alpha value is -0.940. The molecule has 5 heteroatoms. The molecule has 82 valence electrons. The molecule has 0 radical (unpaired) electrons. The van der Waals surface area contributed by atoms with E-state index in [0.717, 1.165) is 30.8 Å². The molecule has 1 unspecified atom stereocenters. The molecule has 1 aromatic heterocycles. The first kappa shape index (κ1) is 10.6. The highest BCUT2D eigenvalue weighted by atomic mass is 32.1. The summed E-state index contributed by atoms with van der Waals surface area (Å²) in [6, 6.07) is 0.556. The first-order valence-electron chi connectivity index (χ1n) is 5.27. The maximum absolute atomic E-state index is 11.7. The summed E-state index contributed by atoms with van der Waals surface area (Å²) >= 11 is 4.95. The van der Waals surface area contributed by atoms with Crippen molar-refractivity contribution in [3.8, 4) is 0 Å². The summed E-state index contributed by atoms with van der Waals surface area (Å²) in [5, 5.41) is 0. The molecule has 4 nitrogen and oxygen atoms in total. The number of nitrogens with one attached hydrogen (secondary N) is 3. The second-order valence-electron chi connectivity index (χ2n) is 4.36. The lowest BCUT2D eigenvalue weighted by Gasteiger charge is -2.27. The maximum atomic E-state index is 11.7. The van der Waals surface area contributed by atoms with Crippen molar-refractivity contribution in [2.75, 3.05) is 6.54 Å². The van der Waals surface area contributed by atoms with Crippen molar-refractivity contribution >= 4 is 12.2 Å². The minimum absolute atomic E-state index is 0.0217. The smallest absolute Gasteiger partial charge is 0.260 e. The van der Waals surface area contributed by atoms with Gasteiger partial charge in [-0.1, -0.05) is 0 Å². The molecule has 15 heavy (non-hydrogen) atoms. The number of fused-ring (bicyclic) bond motifs is 1. The predicted molar refractivity (Wildman–Crippen MR) is 60.6 cm³/mol. The van der Waals surface area contributed by atoms with Gasteiger partial charge in [-0.2, -0.15) is 0 Å². The first-order chi connectivity index (χ1) is 7.08. The largest absolute Gasteiger partial charge is 0.335 e. The Bertz CT molecular complexity index is 474. The molecule has 0 saturated carbocycles. The van der Waals surface area contributed by atoms with Crippen molar-refractivity contribution < 1.29 is 4.90 Å². The lowest BCUT2D eigenvalue weighted by atomic mass is 10.1. The van der Waals surface area contributed by atoms with Gasteiger partial charge in [-0.3, -0.25) is 9.78 Å². The van der Waals surface area contributed by atoms with Gasteiger partial charge in [0.05, 0.1) is 18.2 Å². The summed E-state index contributed by atoms with van der Waals surface area (Å²) in [5.41, 5.74) is 1.87. The minimum atomic E-state index is -0.0217. The first-order valence-corrected chi connectivity index (χ1v) is 5.67. The zero-order valence-electron chi connectivity index (χ0n) is 9.02. The Morgan fingerprint density at radius 3 is 2.80 bits per heavy atom. The molecule has 2 heterocycles. The third-order valence-corrected chi connectivity index (χ3v) is 3.25. The van der Waals surface area contributed by atoms with E-state index in [4.69, 9.17) is 12.2 Å². The second kappa shape index (κ2) is 3.90. The van der Waals surface area contributed by atoms with Gasteiger partial charge >= 0.3 is 0 Å². The highest BCUT2D eigenvalue weighted by Gasteiger charge is 2.24. The van der Waals surface area contributed by atoms with E-state index in [-0.39, 0.29) is 5.56 Å². The molecule has 0 bridgehead atoms. The van der Waals surface area contributed by atoms with Crippen LogP contribution >= 0.6 is 12.2 Å². The molecular weight excluding hydrogens is 210 g/mol. The number of hydrogen-bond donors (Lipinski definition) is 3. The predicted octanol–water partition coefficient (Wildman–Crippen LogP) is -0.218. The SMILES string of the molecule is CC(C)[NH+]1CCc2[nH]c(=S)[nH]c(=O)c2C1. The molecule has 0 aromatic carbocycles. The lowest BCUT2D eigenvalue weighted by Crippen LogP contribution is -3.14. The fourth-order valence-electron chi connectivity index (χ4n) is 2.05. The normalized spacial score (nSPS) is 20.3. The maximum Gasteiger partial charge on any atom is 0.260 e. The Labute approximate surface area is 93.3 Å². The van der Waals surface area contributed by atoms with Crippen LogP contribution < -0.4 is 10.5 Å². The van der Waals surface area contributed by atoms with Crippen molar-refractivity contribution in [1.82, 2.24) is 9.97 Å². The molecule has 1 aliphatic rings. The summed E-state index contributed by atoms with van der Waals surface area (Å²) in [6.07, 6.45) is 0.913. The van der Waals surface area contributed by atoms with E-state index in [1.807, 2.05) is 0 Å². The average Bonchev–Trinajstić information content (AvgIpc) is 2.16. The van der Waals surface area contributed by atoms with Crippen LogP contribution in [-0.4, -0.2) is 22.6 Å². The average molecular weight is 226 g/mol. The monoisotopic (exact) mass is 226 g/mol. The van der Waals surface area contributed by atoms with Gasteiger partial charge in [0.1, 0.15) is 6.54 Å². The lowest BCUT2D eigenvalue weighted by molar-refractivity contribution is -0.937. The third-order valence-electron chi connectivity index (χ3n) is 3.05. The number of H-pyrrole nitrogens is 2. The van der Waals surface area contributed by atoms with E-state index in [9.17, 15) is 4.79 Å². The van der Waals surface area contributed by atoms with Gasteiger partial charge in [0.15, 0.2) is 4.77 Å². The molecule has 1 aliphatic heterocycles. The molecule has 0 amide bonds. The van der Waals surface area contributed by atoms with Crippen LogP contribution in [-0.2, 0) is 13.0 Å². The number of quaternary nitrogens is 1. The van der Waals surface area contributed by atoms with Gasteiger partial charge in [-0.25, -0.2) is 0 Å². The van der Waals surface area contributed by atoms with Crippen LogP contribution in [0.3, 0.4) is 0 Å². The Balaban J connectivity index is 2.42. The number of hydrogen-bond acceptors (Lipinski definition) is 2. The summed E-state index contributed by atoms with van der Waals surface area (Å²) in [4.78, 5) is 18.9. The van der Waals surface area contributed by atoms with Crippen molar-refractivity contribution in [2.45, 2.75) is 32.9 Å². The van der Waals surface area contributed by atoms with Crippen LogP contribution in [0.4, 0.5) is 0 Å². The quantitative estimate of drug-likeness (QED) is 0.580. The highest BCUT2D eigenvalue weighted by Crippen LogP contribution is 2.02. The second-order valence-corrected chi connectivity index (χ2v) is 4.76. The van der Waals surface area contributed by atoms with Crippen molar-refractivity contribution in [2.24, 2.45) is 0 Å². The molecule has 1 aromatic rings. The minimum Gasteiger partial charge on any atom is -0.335 e. The van der Waals surface area contributed by atoms with Crippen LogP contribution in [0.15, 0.2) is 4.79 Å². The Morgan fingerprint density at radius 1 is 1.40 bits per heavy atom. The van der Waals surface area contributed by atoms with Gasteiger partial charge in [0.2, 0.25) is 0 Å².